The number of nitrogens with two attached hydrogens (primary N) is 1. The molecule has 0 bridgehead atoms. The number of hydrogen-bond acceptors (Lipinski definition) is 1. The van der Waals surface area contributed by atoms with Gasteiger partial charge in [-0.05, 0) is 12.5 Å². The molecule has 0 radical (unpaired) electrons. The van der Waals surface area contributed by atoms with Crippen LogP contribution in [-0.4, -0.2) is 6.54 Å². The predicted octanol–water partition coefficient (Wildman–Crippen LogP) is 2.66. The van der Waals surface area contributed by atoms with Crippen LogP contribution in [0.25, 0.3) is 0 Å². The largest absolute Gasteiger partial charge is 0.330 e. The van der Waals surface area contributed by atoms with Gasteiger partial charge in [0.2, 0.25) is 0 Å². The zero-order valence-electron chi connectivity index (χ0n) is 8.35. The summed E-state index contributed by atoms with van der Waals surface area (Å²) in [7, 11) is 0. The highest BCUT2D eigenvalue weighted by molar-refractivity contribution is 5.31. The van der Waals surface area contributed by atoms with Crippen molar-refractivity contribution in [2.45, 2.75) is 20.8 Å². The second-order valence-corrected chi connectivity index (χ2v) is 3.74. The van der Waals surface area contributed by atoms with Crippen molar-refractivity contribution in [1.82, 2.24) is 0 Å². The van der Waals surface area contributed by atoms with Crippen LogP contribution in [0.2, 0.25) is 0 Å². The van der Waals surface area contributed by atoms with Crippen molar-refractivity contribution in [3.8, 4) is 0 Å². The zero-order chi connectivity index (χ0) is 9.78. The van der Waals surface area contributed by atoms with Gasteiger partial charge in [0.25, 0.3) is 0 Å². The molecule has 2 N–H and O–H groups in total. The second-order valence-electron chi connectivity index (χ2n) is 3.74. The summed E-state index contributed by atoms with van der Waals surface area (Å²) in [6.45, 7) is 14.4. The van der Waals surface area contributed by atoms with Crippen LogP contribution in [0.1, 0.15) is 20.8 Å². The maximum atomic E-state index is 5.64. The molecule has 0 heterocycles. The Morgan fingerprint density at radius 2 is 2.00 bits per heavy atom. The fraction of sp³-hybridized carbons (Fsp3) is 0.455. The molecule has 0 saturated carbocycles. The molecule has 0 fully saturated rings. The van der Waals surface area contributed by atoms with E-state index in [2.05, 4.69) is 27.0 Å². The molecule has 0 amide bonds. The Bertz CT molecular complexity index is 209. The lowest BCUT2D eigenvalue weighted by Crippen LogP contribution is -2.25. The summed E-state index contributed by atoms with van der Waals surface area (Å²) < 4.78 is 0. The van der Waals surface area contributed by atoms with E-state index in [1.54, 1.807) is 0 Å². The summed E-state index contributed by atoms with van der Waals surface area (Å²) in [5, 5.41) is 0. The van der Waals surface area contributed by atoms with E-state index in [4.69, 9.17) is 5.73 Å². The lowest BCUT2D eigenvalue weighted by atomic mass is 9.83. The molecule has 12 heavy (non-hydrogen) atoms. The molecule has 0 rings (SSSR count). The fourth-order valence-electron chi connectivity index (χ4n) is 0.914. The summed E-state index contributed by atoms with van der Waals surface area (Å²) in [6, 6.07) is 0. The van der Waals surface area contributed by atoms with Gasteiger partial charge in [-0.3, -0.25) is 0 Å². The summed E-state index contributed by atoms with van der Waals surface area (Å²) in [4.78, 5) is 0. The molecule has 0 aromatic rings. The van der Waals surface area contributed by atoms with Gasteiger partial charge in [-0.25, -0.2) is 0 Å². The van der Waals surface area contributed by atoms with Crippen LogP contribution in [0.5, 0.6) is 0 Å². The first-order valence-corrected chi connectivity index (χ1v) is 4.14. The monoisotopic (exact) mass is 165 g/mol. The molecule has 0 spiro atoms. The highest BCUT2D eigenvalue weighted by atomic mass is 14.6. The van der Waals surface area contributed by atoms with Gasteiger partial charge in [0, 0.05) is 12.0 Å². The molecule has 0 aromatic heterocycles. The molecule has 1 heteroatoms. The van der Waals surface area contributed by atoms with Crippen LogP contribution >= 0.6 is 0 Å². The van der Waals surface area contributed by atoms with E-state index < -0.39 is 0 Å². The van der Waals surface area contributed by atoms with E-state index >= 15 is 0 Å². The maximum Gasteiger partial charge on any atom is 0.00189 e. The SMILES string of the molecule is C=C/C(=C\C(=C)C)C(C)(C)CN. The molecule has 1 nitrogen and oxygen atoms in total. The van der Waals surface area contributed by atoms with Crippen LogP contribution < -0.4 is 5.73 Å². The quantitative estimate of drug-likeness (QED) is 0.637. The second kappa shape index (κ2) is 4.27. The Hall–Kier alpha value is -0.820. The number of allylic oxidation sites excluding steroid dienone is 3. The Morgan fingerprint density at radius 3 is 2.25 bits per heavy atom. The average molecular weight is 165 g/mol. The summed E-state index contributed by atoms with van der Waals surface area (Å²) in [6.07, 6.45) is 3.88. The number of rotatable bonds is 4. The summed E-state index contributed by atoms with van der Waals surface area (Å²) in [5.74, 6) is 0. The van der Waals surface area contributed by atoms with E-state index in [1.807, 2.05) is 19.1 Å². The number of hydrogen-bond donors (Lipinski definition) is 1. The third-order valence-corrected chi connectivity index (χ3v) is 1.91. The minimum absolute atomic E-state index is 0.000694. The smallest absolute Gasteiger partial charge is 0.00189 e. The Labute approximate surface area is 75.7 Å². The first-order valence-electron chi connectivity index (χ1n) is 4.14. The molecule has 0 atom stereocenters. The summed E-state index contributed by atoms with van der Waals surface area (Å²) >= 11 is 0. The van der Waals surface area contributed by atoms with E-state index in [9.17, 15) is 0 Å². The van der Waals surface area contributed by atoms with Gasteiger partial charge in [0.15, 0.2) is 0 Å². The Morgan fingerprint density at radius 1 is 1.50 bits per heavy atom. The molecule has 68 valence electrons. The topological polar surface area (TPSA) is 26.0 Å². The van der Waals surface area contributed by atoms with Crippen molar-refractivity contribution < 1.29 is 0 Å². The standard InChI is InChI=1S/C11H19N/c1-6-10(7-9(2)3)11(4,5)8-12/h6-7H,1-2,8,12H2,3-5H3/b10-7+. The van der Waals surface area contributed by atoms with Crippen LogP contribution in [0, 0.1) is 5.41 Å². The maximum absolute atomic E-state index is 5.64. The minimum atomic E-state index is 0.000694. The first kappa shape index (κ1) is 11.2. The normalized spacial score (nSPS) is 12.8. The third kappa shape index (κ3) is 3.05. The lowest BCUT2D eigenvalue weighted by molar-refractivity contribution is 0.471. The molecule has 0 aromatic carbocycles. The van der Waals surface area contributed by atoms with Gasteiger partial charge < -0.3 is 5.73 Å². The van der Waals surface area contributed by atoms with Gasteiger partial charge in [-0.2, -0.15) is 0 Å². The van der Waals surface area contributed by atoms with Crippen LogP contribution in [0.3, 0.4) is 0 Å². The van der Waals surface area contributed by atoms with Gasteiger partial charge in [0.1, 0.15) is 0 Å². The van der Waals surface area contributed by atoms with Gasteiger partial charge >= 0.3 is 0 Å². The van der Waals surface area contributed by atoms with E-state index in [-0.39, 0.29) is 5.41 Å². The molecular formula is C11H19N. The molecule has 0 saturated heterocycles. The molecule has 0 aliphatic rings. The third-order valence-electron chi connectivity index (χ3n) is 1.91. The summed E-state index contributed by atoms with van der Waals surface area (Å²) in [5.41, 5.74) is 7.83. The van der Waals surface area contributed by atoms with Crippen LogP contribution in [-0.2, 0) is 0 Å². The molecule has 0 aliphatic heterocycles. The predicted molar refractivity (Wildman–Crippen MR) is 55.9 cm³/mol. The molecular weight excluding hydrogens is 146 g/mol. The van der Waals surface area contributed by atoms with Crippen molar-refractivity contribution in [1.29, 1.82) is 0 Å². The van der Waals surface area contributed by atoms with Crippen molar-refractivity contribution in [2.75, 3.05) is 6.54 Å². The average Bonchev–Trinajstić information content (AvgIpc) is 1.99. The Balaban J connectivity index is 4.78. The van der Waals surface area contributed by atoms with Crippen LogP contribution in [0.4, 0.5) is 0 Å². The minimum Gasteiger partial charge on any atom is -0.330 e. The fourth-order valence-corrected chi connectivity index (χ4v) is 0.914. The lowest BCUT2D eigenvalue weighted by Gasteiger charge is -2.24. The van der Waals surface area contributed by atoms with Gasteiger partial charge in [-0.15, -0.1) is 0 Å². The molecule has 0 unspecified atom stereocenters. The van der Waals surface area contributed by atoms with Crippen molar-refractivity contribution in [3.05, 3.63) is 36.5 Å². The van der Waals surface area contributed by atoms with Crippen LogP contribution in [0.15, 0.2) is 36.5 Å². The molecule has 0 aliphatic carbocycles. The van der Waals surface area contributed by atoms with Crippen molar-refractivity contribution >= 4 is 0 Å². The van der Waals surface area contributed by atoms with E-state index in [0.717, 1.165) is 11.1 Å². The first-order chi connectivity index (χ1) is 5.44. The Kier molecular flexibility index (Phi) is 3.98. The highest BCUT2D eigenvalue weighted by Crippen LogP contribution is 2.26. The van der Waals surface area contributed by atoms with E-state index in [0.29, 0.717) is 6.54 Å². The van der Waals surface area contributed by atoms with E-state index in [1.165, 1.54) is 0 Å². The van der Waals surface area contributed by atoms with Crippen molar-refractivity contribution in [2.24, 2.45) is 11.1 Å². The highest BCUT2D eigenvalue weighted by Gasteiger charge is 2.18. The zero-order valence-corrected chi connectivity index (χ0v) is 8.35. The van der Waals surface area contributed by atoms with Gasteiger partial charge in [0.05, 0.1) is 0 Å². The van der Waals surface area contributed by atoms with Crippen molar-refractivity contribution in [3.63, 3.8) is 0 Å². The van der Waals surface area contributed by atoms with Gasteiger partial charge in [-0.1, -0.05) is 44.7 Å².